The first-order valence-electron chi connectivity index (χ1n) is 6.52. The summed E-state index contributed by atoms with van der Waals surface area (Å²) in [5.41, 5.74) is 6.03. The van der Waals surface area contributed by atoms with Crippen LogP contribution < -0.4 is 5.73 Å². The van der Waals surface area contributed by atoms with Crippen LogP contribution in [0.15, 0.2) is 27.6 Å². The summed E-state index contributed by atoms with van der Waals surface area (Å²) in [6, 6.07) is 3.81. The minimum Gasteiger partial charge on any atom is -0.468 e. The van der Waals surface area contributed by atoms with E-state index in [9.17, 15) is 13.2 Å². The summed E-state index contributed by atoms with van der Waals surface area (Å²) in [5, 5.41) is 0. The van der Waals surface area contributed by atoms with Gasteiger partial charge in [0.25, 0.3) is 0 Å². The first-order chi connectivity index (χ1) is 9.87. The summed E-state index contributed by atoms with van der Waals surface area (Å²) in [6.07, 6.45) is 1.97. The van der Waals surface area contributed by atoms with Gasteiger partial charge in [-0.2, -0.15) is 4.31 Å². The fraction of sp³-hybridized carbons (Fsp3) is 0.462. The van der Waals surface area contributed by atoms with Gasteiger partial charge < -0.3 is 10.5 Å². The van der Waals surface area contributed by atoms with Crippen molar-refractivity contribution < 1.29 is 17.9 Å². The summed E-state index contributed by atoms with van der Waals surface area (Å²) < 4.78 is 32.0. The van der Waals surface area contributed by atoms with E-state index in [4.69, 9.17) is 10.5 Å². The van der Waals surface area contributed by atoms with Gasteiger partial charge in [0.05, 0.1) is 12.0 Å². The molecule has 8 heteroatoms. The van der Waals surface area contributed by atoms with Crippen LogP contribution in [0.5, 0.6) is 0 Å². The number of esters is 1. The molecule has 6 nitrogen and oxygen atoms in total. The summed E-state index contributed by atoms with van der Waals surface area (Å²) in [4.78, 5) is 11.9. The molecular formula is C13H17BrN2O4S. The van der Waals surface area contributed by atoms with Crippen LogP contribution in [0.2, 0.25) is 0 Å². The van der Waals surface area contributed by atoms with E-state index in [0.717, 1.165) is 6.42 Å². The lowest BCUT2D eigenvalue weighted by molar-refractivity contribution is -0.146. The third-order valence-corrected chi connectivity index (χ3v) is 6.37. The van der Waals surface area contributed by atoms with E-state index in [1.54, 1.807) is 12.1 Å². The lowest BCUT2D eigenvalue weighted by atomic mass is 10.1. The zero-order chi connectivity index (χ0) is 15.6. The highest BCUT2D eigenvalue weighted by Gasteiger charge is 2.39. The molecule has 1 aromatic carbocycles. The number of carbonyl (C=O) groups excluding carboxylic acids is 1. The maximum Gasteiger partial charge on any atom is 0.324 e. The van der Waals surface area contributed by atoms with E-state index in [0.29, 0.717) is 29.5 Å². The Kier molecular flexibility index (Phi) is 4.90. The van der Waals surface area contributed by atoms with Crippen molar-refractivity contribution in [2.75, 3.05) is 19.4 Å². The van der Waals surface area contributed by atoms with Gasteiger partial charge >= 0.3 is 5.97 Å². The van der Waals surface area contributed by atoms with Crippen molar-refractivity contribution in [2.45, 2.75) is 30.2 Å². The number of ether oxygens (including phenoxy) is 1. The van der Waals surface area contributed by atoms with Gasteiger partial charge in [-0.1, -0.05) is 0 Å². The van der Waals surface area contributed by atoms with Crippen molar-refractivity contribution in [3.05, 3.63) is 22.7 Å². The number of hydrogen-bond donors (Lipinski definition) is 1. The van der Waals surface area contributed by atoms with Crippen LogP contribution in [-0.4, -0.2) is 38.4 Å². The Bertz CT molecular complexity index is 648. The van der Waals surface area contributed by atoms with Crippen LogP contribution in [0.1, 0.15) is 19.3 Å². The minimum atomic E-state index is -3.81. The Morgan fingerprint density at radius 3 is 2.81 bits per heavy atom. The molecule has 1 atom stereocenters. The third-order valence-electron chi connectivity index (χ3n) is 3.47. The van der Waals surface area contributed by atoms with Gasteiger partial charge in [-0.3, -0.25) is 4.79 Å². The number of piperidine rings is 1. The Morgan fingerprint density at radius 2 is 2.14 bits per heavy atom. The number of nitrogens with two attached hydrogens (primary N) is 1. The molecule has 0 amide bonds. The molecular weight excluding hydrogens is 360 g/mol. The van der Waals surface area contributed by atoms with Gasteiger partial charge in [-0.15, -0.1) is 0 Å². The first-order valence-corrected chi connectivity index (χ1v) is 8.76. The molecule has 1 aliphatic heterocycles. The lowest BCUT2D eigenvalue weighted by Gasteiger charge is -2.32. The summed E-state index contributed by atoms with van der Waals surface area (Å²) in [7, 11) is -2.55. The van der Waals surface area contributed by atoms with Gasteiger partial charge in [-0.25, -0.2) is 8.42 Å². The average molecular weight is 377 g/mol. The van der Waals surface area contributed by atoms with Gasteiger partial charge in [0.2, 0.25) is 10.0 Å². The van der Waals surface area contributed by atoms with Crippen LogP contribution >= 0.6 is 15.9 Å². The topological polar surface area (TPSA) is 89.7 Å². The third kappa shape index (κ3) is 3.22. The van der Waals surface area contributed by atoms with Gasteiger partial charge in [0.1, 0.15) is 6.04 Å². The molecule has 0 aromatic heterocycles. The largest absolute Gasteiger partial charge is 0.468 e. The maximum absolute atomic E-state index is 12.8. The molecule has 21 heavy (non-hydrogen) atoms. The second-order valence-corrected chi connectivity index (χ2v) is 7.55. The van der Waals surface area contributed by atoms with Crippen molar-refractivity contribution in [1.29, 1.82) is 0 Å². The monoisotopic (exact) mass is 376 g/mol. The van der Waals surface area contributed by atoms with Crippen LogP contribution in [0.4, 0.5) is 5.69 Å². The van der Waals surface area contributed by atoms with Crippen LogP contribution in [-0.2, 0) is 19.6 Å². The number of nitrogen functional groups attached to an aromatic ring is 1. The number of rotatable bonds is 3. The molecule has 1 saturated heterocycles. The van der Waals surface area contributed by atoms with Gasteiger partial charge in [0.15, 0.2) is 0 Å². The molecule has 0 radical (unpaired) electrons. The Hall–Kier alpha value is -1.12. The highest BCUT2D eigenvalue weighted by atomic mass is 79.9. The molecule has 1 unspecified atom stereocenters. The SMILES string of the molecule is COC(=O)C1CCCCN1S(=O)(=O)c1cc(N)ccc1Br. The standard InChI is InChI=1S/C13H17BrN2O4S/c1-20-13(17)11-4-2-3-7-16(11)21(18,19)12-8-9(15)5-6-10(12)14/h5-6,8,11H,2-4,7,15H2,1H3. The zero-order valence-corrected chi connectivity index (χ0v) is 14.0. The fourth-order valence-electron chi connectivity index (χ4n) is 2.41. The van der Waals surface area contributed by atoms with E-state index in [-0.39, 0.29) is 4.90 Å². The van der Waals surface area contributed by atoms with Crippen molar-refractivity contribution in [3.63, 3.8) is 0 Å². The Labute approximate surface area is 132 Å². The maximum atomic E-state index is 12.8. The molecule has 2 N–H and O–H groups in total. The molecule has 1 aliphatic rings. The van der Waals surface area contributed by atoms with Crippen LogP contribution in [0.25, 0.3) is 0 Å². The molecule has 1 aromatic rings. The first kappa shape index (κ1) is 16.3. The number of hydrogen-bond acceptors (Lipinski definition) is 5. The normalized spacial score (nSPS) is 20.2. The summed E-state index contributed by atoms with van der Waals surface area (Å²) in [5.74, 6) is -0.529. The number of methoxy groups -OCH3 is 1. The molecule has 1 heterocycles. The highest BCUT2D eigenvalue weighted by molar-refractivity contribution is 9.10. The molecule has 0 spiro atoms. The predicted molar refractivity (Wildman–Crippen MR) is 82.1 cm³/mol. The van der Waals surface area contributed by atoms with Crippen molar-refractivity contribution in [3.8, 4) is 0 Å². The Morgan fingerprint density at radius 1 is 1.43 bits per heavy atom. The summed E-state index contributed by atoms with van der Waals surface area (Å²) >= 11 is 3.23. The average Bonchev–Trinajstić information content (AvgIpc) is 2.48. The van der Waals surface area contributed by atoms with Crippen LogP contribution in [0, 0.1) is 0 Å². The number of nitrogens with zero attached hydrogens (tertiary/aromatic N) is 1. The molecule has 116 valence electrons. The molecule has 0 saturated carbocycles. The zero-order valence-electron chi connectivity index (χ0n) is 11.6. The fourth-order valence-corrected chi connectivity index (χ4v) is 5.02. The Balaban J connectivity index is 2.45. The highest BCUT2D eigenvalue weighted by Crippen LogP contribution is 2.31. The molecule has 0 bridgehead atoms. The van der Waals surface area contributed by atoms with E-state index in [2.05, 4.69) is 15.9 Å². The molecule has 2 rings (SSSR count). The quantitative estimate of drug-likeness (QED) is 0.640. The predicted octanol–water partition coefficient (Wildman–Crippen LogP) is 1.75. The number of sulfonamides is 1. The number of carbonyl (C=O) groups is 1. The lowest BCUT2D eigenvalue weighted by Crippen LogP contribution is -2.48. The van der Waals surface area contributed by atoms with Gasteiger partial charge in [-0.05, 0) is 53.4 Å². The van der Waals surface area contributed by atoms with Gasteiger partial charge in [0, 0.05) is 16.7 Å². The van der Waals surface area contributed by atoms with E-state index >= 15 is 0 Å². The smallest absolute Gasteiger partial charge is 0.324 e. The summed E-state index contributed by atoms with van der Waals surface area (Å²) in [6.45, 7) is 0.295. The second kappa shape index (κ2) is 6.33. The van der Waals surface area contributed by atoms with E-state index < -0.39 is 22.0 Å². The molecule has 1 fully saturated rings. The minimum absolute atomic E-state index is 0.0679. The molecule has 0 aliphatic carbocycles. The number of halogens is 1. The van der Waals surface area contributed by atoms with Crippen molar-refractivity contribution in [1.82, 2.24) is 4.31 Å². The number of anilines is 1. The van der Waals surface area contributed by atoms with Crippen molar-refractivity contribution >= 4 is 37.6 Å². The van der Waals surface area contributed by atoms with Crippen LogP contribution in [0.3, 0.4) is 0 Å². The second-order valence-electron chi connectivity index (χ2n) is 4.84. The number of benzene rings is 1. The van der Waals surface area contributed by atoms with E-state index in [1.165, 1.54) is 17.5 Å². The van der Waals surface area contributed by atoms with Crippen molar-refractivity contribution in [2.24, 2.45) is 0 Å². The van der Waals surface area contributed by atoms with E-state index in [1.807, 2.05) is 0 Å².